The second-order valence-corrected chi connectivity index (χ2v) is 7.13. The summed E-state index contributed by atoms with van der Waals surface area (Å²) in [5.74, 6) is 0.690. The SMILES string of the molecule is COc1cc(C)c(S(=O)(=O)N2CCC(O)CC2)cc1C. The van der Waals surface area contributed by atoms with Crippen molar-refractivity contribution in [3.8, 4) is 5.75 Å². The van der Waals surface area contributed by atoms with E-state index in [0.29, 0.717) is 42.1 Å². The molecule has 0 aliphatic carbocycles. The highest BCUT2D eigenvalue weighted by Crippen LogP contribution is 2.29. The van der Waals surface area contributed by atoms with Gasteiger partial charge in [0.2, 0.25) is 10.0 Å². The molecule has 1 N–H and O–H groups in total. The van der Waals surface area contributed by atoms with Gasteiger partial charge in [0.25, 0.3) is 0 Å². The number of hydrogen-bond donors (Lipinski definition) is 1. The predicted molar refractivity (Wildman–Crippen MR) is 76.5 cm³/mol. The van der Waals surface area contributed by atoms with Crippen LogP contribution < -0.4 is 4.74 Å². The van der Waals surface area contributed by atoms with Crippen LogP contribution in [0.4, 0.5) is 0 Å². The van der Waals surface area contributed by atoms with Gasteiger partial charge in [-0.3, -0.25) is 0 Å². The molecule has 2 rings (SSSR count). The van der Waals surface area contributed by atoms with Gasteiger partial charge in [0.1, 0.15) is 5.75 Å². The Morgan fingerprint density at radius 2 is 1.80 bits per heavy atom. The molecule has 1 fully saturated rings. The van der Waals surface area contributed by atoms with Crippen LogP contribution in [-0.4, -0.2) is 44.1 Å². The number of rotatable bonds is 3. The smallest absolute Gasteiger partial charge is 0.243 e. The Kier molecular flexibility index (Phi) is 4.36. The number of piperidine rings is 1. The molecule has 20 heavy (non-hydrogen) atoms. The van der Waals surface area contributed by atoms with Gasteiger partial charge in [0, 0.05) is 13.1 Å². The highest BCUT2D eigenvalue weighted by molar-refractivity contribution is 7.89. The Labute approximate surface area is 120 Å². The van der Waals surface area contributed by atoms with E-state index in [4.69, 9.17) is 4.74 Å². The van der Waals surface area contributed by atoms with Gasteiger partial charge in [-0.25, -0.2) is 8.42 Å². The van der Waals surface area contributed by atoms with Gasteiger partial charge in [0.05, 0.1) is 18.1 Å². The van der Waals surface area contributed by atoms with E-state index < -0.39 is 10.0 Å². The molecule has 1 aliphatic rings. The van der Waals surface area contributed by atoms with Gasteiger partial charge < -0.3 is 9.84 Å². The summed E-state index contributed by atoms with van der Waals surface area (Å²) in [7, 11) is -1.93. The van der Waals surface area contributed by atoms with Crippen LogP contribution in [0, 0.1) is 13.8 Å². The second kappa shape index (κ2) is 5.71. The number of aliphatic hydroxyl groups excluding tert-OH is 1. The van der Waals surface area contributed by atoms with Gasteiger partial charge >= 0.3 is 0 Å². The maximum absolute atomic E-state index is 12.7. The van der Waals surface area contributed by atoms with Crippen molar-refractivity contribution in [1.29, 1.82) is 0 Å². The third-order valence-electron chi connectivity index (χ3n) is 3.73. The van der Waals surface area contributed by atoms with E-state index in [1.54, 1.807) is 26.2 Å². The Balaban J connectivity index is 2.37. The van der Waals surface area contributed by atoms with Crippen LogP contribution in [0.15, 0.2) is 17.0 Å². The summed E-state index contributed by atoms with van der Waals surface area (Å²) in [4.78, 5) is 0.326. The van der Waals surface area contributed by atoms with Gasteiger partial charge in [-0.1, -0.05) is 0 Å². The standard InChI is InChI=1S/C14H21NO4S/c1-10-9-14(11(2)8-13(10)19-3)20(17,18)15-6-4-12(16)5-7-15/h8-9,12,16H,4-7H2,1-3H3. The van der Waals surface area contributed by atoms with Gasteiger partial charge in [-0.15, -0.1) is 0 Å². The lowest BCUT2D eigenvalue weighted by atomic mass is 10.1. The van der Waals surface area contributed by atoms with Crippen molar-refractivity contribution in [2.24, 2.45) is 0 Å². The highest BCUT2D eigenvalue weighted by atomic mass is 32.2. The molecular formula is C14H21NO4S. The zero-order valence-electron chi connectivity index (χ0n) is 12.1. The minimum atomic E-state index is -3.50. The summed E-state index contributed by atoms with van der Waals surface area (Å²) in [5.41, 5.74) is 1.48. The predicted octanol–water partition coefficient (Wildman–Crippen LogP) is 1.46. The summed E-state index contributed by atoms with van der Waals surface area (Å²) in [6.07, 6.45) is 0.598. The van der Waals surface area contributed by atoms with E-state index >= 15 is 0 Å². The number of methoxy groups -OCH3 is 1. The average Bonchev–Trinajstić information content (AvgIpc) is 2.41. The van der Waals surface area contributed by atoms with E-state index in [0.717, 1.165) is 5.56 Å². The zero-order chi connectivity index (χ0) is 14.9. The molecule has 0 radical (unpaired) electrons. The van der Waals surface area contributed by atoms with E-state index in [-0.39, 0.29) is 6.10 Å². The number of ether oxygens (including phenoxy) is 1. The van der Waals surface area contributed by atoms with Crippen LogP contribution in [0.2, 0.25) is 0 Å². The van der Waals surface area contributed by atoms with Crippen LogP contribution in [0.25, 0.3) is 0 Å². The molecule has 1 aliphatic heterocycles. The second-order valence-electron chi connectivity index (χ2n) is 5.22. The molecule has 1 saturated heterocycles. The molecule has 0 bridgehead atoms. The highest BCUT2D eigenvalue weighted by Gasteiger charge is 2.30. The number of benzene rings is 1. The van der Waals surface area contributed by atoms with Crippen molar-refractivity contribution in [1.82, 2.24) is 4.31 Å². The van der Waals surface area contributed by atoms with Gasteiger partial charge in [-0.05, 0) is 49.9 Å². The molecule has 6 heteroatoms. The van der Waals surface area contributed by atoms with Crippen molar-refractivity contribution in [3.05, 3.63) is 23.3 Å². The molecule has 1 aromatic carbocycles. The van der Waals surface area contributed by atoms with Crippen LogP contribution in [-0.2, 0) is 10.0 Å². The third kappa shape index (κ3) is 2.82. The van der Waals surface area contributed by atoms with E-state index in [1.807, 2.05) is 6.92 Å². The minimum absolute atomic E-state index is 0.326. The third-order valence-corrected chi connectivity index (χ3v) is 5.77. The lowest BCUT2D eigenvalue weighted by Crippen LogP contribution is -2.40. The quantitative estimate of drug-likeness (QED) is 0.917. The molecular weight excluding hydrogens is 278 g/mol. The summed E-state index contributed by atoms with van der Waals surface area (Å²) in [6.45, 7) is 4.34. The summed E-state index contributed by atoms with van der Waals surface area (Å²) >= 11 is 0. The maximum Gasteiger partial charge on any atom is 0.243 e. The number of aryl methyl sites for hydroxylation is 2. The fourth-order valence-electron chi connectivity index (χ4n) is 2.48. The van der Waals surface area contributed by atoms with Crippen LogP contribution in [0.1, 0.15) is 24.0 Å². The first-order chi connectivity index (χ1) is 9.36. The van der Waals surface area contributed by atoms with Crippen molar-refractivity contribution in [2.75, 3.05) is 20.2 Å². The zero-order valence-corrected chi connectivity index (χ0v) is 12.9. The molecule has 0 saturated carbocycles. The lowest BCUT2D eigenvalue weighted by Gasteiger charge is -2.29. The number of sulfonamides is 1. The fraction of sp³-hybridized carbons (Fsp3) is 0.571. The molecule has 0 atom stereocenters. The number of hydrogen-bond acceptors (Lipinski definition) is 4. The first kappa shape index (κ1) is 15.3. The maximum atomic E-state index is 12.7. The monoisotopic (exact) mass is 299 g/mol. The molecule has 5 nitrogen and oxygen atoms in total. The first-order valence-electron chi connectivity index (χ1n) is 6.69. The Bertz CT molecular complexity index is 589. The van der Waals surface area contributed by atoms with Crippen molar-refractivity contribution < 1.29 is 18.3 Å². The van der Waals surface area contributed by atoms with Crippen LogP contribution >= 0.6 is 0 Å². The van der Waals surface area contributed by atoms with Crippen molar-refractivity contribution in [2.45, 2.75) is 37.7 Å². The largest absolute Gasteiger partial charge is 0.496 e. The van der Waals surface area contributed by atoms with E-state index in [2.05, 4.69) is 0 Å². The minimum Gasteiger partial charge on any atom is -0.496 e. The summed E-state index contributed by atoms with van der Waals surface area (Å²) in [5, 5.41) is 9.49. The molecule has 0 spiro atoms. The van der Waals surface area contributed by atoms with Gasteiger partial charge in [-0.2, -0.15) is 4.31 Å². The summed E-state index contributed by atoms with van der Waals surface area (Å²) in [6, 6.07) is 3.41. The van der Waals surface area contributed by atoms with Crippen molar-refractivity contribution >= 4 is 10.0 Å². The van der Waals surface area contributed by atoms with Crippen molar-refractivity contribution in [3.63, 3.8) is 0 Å². The van der Waals surface area contributed by atoms with Gasteiger partial charge in [0.15, 0.2) is 0 Å². The molecule has 1 aromatic rings. The Morgan fingerprint density at radius 1 is 1.20 bits per heavy atom. The Hall–Kier alpha value is -1.11. The average molecular weight is 299 g/mol. The Morgan fingerprint density at radius 3 is 2.35 bits per heavy atom. The summed E-state index contributed by atoms with van der Waals surface area (Å²) < 4.78 is 32.0. The molecule has 0 unspecified atom stereocenters. The fourth-order valence-corrected chi connectivity index (χ4v) is 4.24. The topological polar surface area (TPSA) is 66.8 Å². The van der Waals surface area contributed by atoms with E-state index in [1.165, 1.54) is 4.31 Å². The molecule has 0 aromatic heterocycles. The normalized spacial score (nSPS) is 18.2. The van der Waals surface area contributed by atoms with E-state index in [9.17, 15) is 13.5 Å². The molecule has 112 valence electrons. The molecule has 1 heterocycles. The number of aliphatic hydroxyl groups is 1. The number of nitrogens with zero attached hydrogens (tertiary/aromatic N) is 1. The van der Waals surface area contributed by atoms with Crippen LogP contribution in [0.5, 0.6) is 5.75 Å². The van der Waals surface area contributed by atoms with Crippen LogP contribution in [0.3, 0.4) is 0 Å². The lowest BCUT2D eigenvalue weighted by molar-refractivity contribution is 0.113. The first-order valence-corrected chi connectivity index (χ1v) is 8.13. The molecule has 0 amide bonds.